The lowest BCUT2D eigenvalue weighted by molar-refractivity contribution is -0.111. The van der Waals surface area contributed by atoms with E-state index < -0.39 is 0 Å². The lowest BCUT2D eigenvalue weighted by Crippen LogP contribution is -2.09. The molecule has 2 aromatic heterocycles. The van der Waals surface area contributed by atoms with E-state index in [9.17, 15) is 4.79 Å². The molecule has 0 aliphatic rings. The monoisotopic (exact) mass is 424 g/mol. The molecule has 6 nitrogen and oxygen atoms in total. The molecule has 0 aliphatic heterocycles. The lowest BCUT2D eigenvalue weighted by Gasteiger charge is -2.06. The molecule has 32 heavy (non-hydrogen) atoms. The van der Waals surface area contributed by atoms with Crippen molar-refractivity contribution in [3.8, 4) is 11.4 Å². The Hall–Kier alpha value is -4.19. The Balaban J connectivity index is 1.37. The summed E-state index contributed by atoms with van der Waals surface area (Å²) in [4.78, 5) is 16.7. The van der Waals surface area contributed by atoms with Crippen LogP contribution < -0.4 is 10.1 Å². The van der Waals surface area contributed by atoms with Gasteiger partial charge in [0, 0.05) is 12.3 Å². The zero-order valence-electron chi connectivity index (χ0n) is 18.0. The van der Waals surface area contributed by atoms with Crippen LogP contribution in [0.5, 0.6) is 5.75 Å². The second kappa shape index (κ2) is 9.75. The van der Waals surface area contributed by atoms with Gasteiger partial charge in [-0.25, -0.2) is 4.68 Å². The molecule has 2 aromatic carbocycles. The van der Waals surface area contributed by atoms with Crippen molar-refractivity contribution in [2.75, 3.05) is 5.32 Å². The maximum Gasteiger partial charge on any atom is 0.248 e. The highest BCUT2D eigenvalue weighted by molar-refractivity contribution is 6.02. The minimum Gasteiger partial charge on any atom is -0.487 e. The number of anilines is 1. The minimum atomic E-state index is -0.209. The number of rotatable bonds is 7. The average Bonchev–Trinajstić information content (AvgIpc) is 3.11. The smallest absolute Gasteiger partial charge is 0.248 e. The summed E-state index contributed by atoms with van der Waals surface area (Å²) in [5, 5.41) is 7.51. The van der Waals surface area contributed by atoms with Crippen molar-refractivity contribution in [1.29, 1.82) is 0 Å². The van der Waals surface area contributed by atoms with E-state index in [1.54, 1.807) is 12.3 Å². The third kappa shape index (κ3) is 5.10. The lowest BCUT2D eigenvalue weighted by atomic mass is 10.2. The normalized spacial score (nSPS) is 10.9. The maximum atomic E-state index is 12.5. The van der Waals surface area contributed by atoms with Gasteiger partial charge in [0.2, 0.25) is 5.91 Å². The Morgan fingerprint density at radius 1 is 1.00 bits per heavy atom. The number of carbonyl (C=O) groups is 1. The van der Waals surface area contributed by atoms with E-state index in [0.717, 1.165) is 39.8 Å². The summed E-state index contributed by atoms with van der Waals surface area (Å²) in [7, 11) is 0. The molecule has 0 fully saturated rings. The van der Waals surface area contributed by atoms with Crippen molar-refractivity contribution < 1.29 is 9.53 Å². The van der Waals surface area contributed by atoms with Crippen LogP contribution in [0.15, 0.2) is 85.1 Å². The summed E-state index contributed by atoms with van der Waals surface area (Å²) in [6.45, 7) is 4.24. The molecule has 6 heteroatoms. The molecule has 0 spiro atoms. The molecule has 4 rings (SSSR count). The van der Waals surface area contributed by atoms with Gasteiger partial charge >= 0.3 is 0 Å². The molecule has 0 atom stereocenters. The third-order valence-electron chi connectivity index (χ3n) is 4.96. The van der Waals surface area contributed by atoms with Crippen molar-refractivity contribution in [3.05, 3.63) is 108 Å². The number of pyridine rings is 1. The van der Waals surface area contributed by atoms with E-state index in [2.05, 4.69) is 15.4 Å². The molecule has 160 valence electrons. The number of aryl methyl sites for hydroxylation is 1. The molecule has 0 saturated carbocycles. The summed E-state index contributed by atoms with van der Waals surface area (Å²) < 4.78 is 7.57. The zero-order valence-corrected chi connectivity index (χ0v) is 18.0. The Kier molecular flexibility index (Phi) is 6.41. The van der Waals surface area contributed by atoms with Crippen LogP contribution in [-0.4, -0.2) is 20.7 Å². The minimum absolute atomic E-state index is 0.209. The first-order valence-electron chi connectivity index (χ1n) is 10.3. The van der Waals surface area contributed by atoms with Crippen molar-refractivity contribution in [2.45, 2.75) is 20.5 Å². The number of hydrogen-bond acceptors (Lipinski definition) is 4. The third-order valence-corrected chi connectivity index (χ3v) is 4.96. The van der Waals surface area contributed by atoms with Crippen LogP contribution in [0, 0.1) is 13.8 Å². The first-order chi connectivity index (χ1) is 15.6. The Bertz CT molecular complexity index is 1210. The molecular formula is C26H24N4O2. The van der Waals surface area contributed by atoms with Crippen LogP contribution in [-0.2, 0) is 11.4 Å². The molecule has 0 unspecified atom stereocenters. The fraction of sp³-hybridized carbons (Fsp3) is 0.115. The van der Waals surface area contributed by atoms with Gasteiger partial charge in [0.1, 0.15) is 12.4 Å². The van der Waals surface area contributed by atoms with Crippen LogP contribution in [0.2, 0.25) is 0 Å². The molecule has 4 aromatic rings. The predicted molar refractivity (Wildman–Crippen MR) is 126 cm³/mol. The highest BCUT2D eigenvalue weighted by atomic mass is 16.5. The maximum absolute atomic E-state index is 12.5. The van der Waals surface area contributed by atoms with Gasteiger partial charge in [-0.2, -0.15) is 5.10 Å². The standard InChI is InChI=1S/C26H24N4O2/c1-19-26(20(2)30(29-19)23-9-4-3-5-10-23)28-25(31)16-13-21-11-14-24(15-12-21)32-18-22-8-6-7-17-27-22/h3-17H,18H2,1-2H3,(H,28,31). The summed E-state index contributed by atoms with van der Waals surface area (Å²) in [6.07, 6.45) is 5.03. The number of hydrogen-bond donors (Lipinski definition) is 1. The van der Waals surface area contributed by atoms with Crippen LogP contribution >= 0.6 is 0 Å². The van der Waals surface area contributed by atoms with Gasteiger partial charge in [-0.05, 0) is 61.9 Å². The zero-order chi connectivity index (χ0) is 22.3. The van der Waals surface area contributed by atoms with Crippen LogP contribution in [0.4, 0.5) is 5.69 Å². The van der Waals surface area contributed by atoms with E-state index in [4.69, 9.17) is 4.74 Å². The van der Waals surface area contributed by atoms with Gasteiger partial charge in [-0.1, -0.05) is 36.4 Å². The predicted octanol–water partition coefficient (Wildman–Crippen LogP) is 5.12. The summed E-state index contributed by atoms with van der Waals surface area (Å²) in [6, 6.07) is 23.1. The highest BCUT2D eigenvalue weighted by Crippen LogP contribution is 2.23. The number of amides is 1. The number of nitrogens with zero attached hydrogens (tertiary/aromatic N) is 3. The molecule has 0 aliphatic carbocycles. The Morgan fingerprint density at radius 3 is 2.47 bits per heavy atom. The Labute approximate surface area is 187 Å². The molecule has 0 bridgehead atoms. The molecule has 1 amide bonds. The van der Waals surface area contributed by atoms with Crippen LogP contribution in [0.25, 0.3) is 11.8 Å². The van der Waals surface area contributed by atoms with Gasteiger partial charge in [0.15, 0.2) is 0 Å². The number of aromatic nitrogens is 3. The van der Waals surface area contributed by atoms with E-state index >= 15 is 0 Å². The van der Waals surface area contributed by atoms with E-state index in [0.29, 0.717) is 6.61 Å². The number of nitrogens with one attached hydrogen (secondary N) is 1. The number of benzene rings is 2. The number of para-hydroxylation sites is 1. The van der Waals surface area contributed by atoms with Gasteiger partial charge in [-0.15, -0.1) is 0 Å². The summed E-state index contributed by atoms with van der Waals surface area (Å²) >= 11 is 0. The first kappa shape index (κ1) is 21.1. The fourth-order valence-corrected chi connectivity index (χ4v) is 3.30. The largest absolute Gasteiger partial charge is 0.487 e. The Morgan fingerprint density at radius 2 is 1.75 bits per heavy atom. The van der Waals surface area contributed by atoms with Crippen molar-refractivity contribution in [2.24, 2.45) is 0 Å². The highest BCUT2D eigenvalue weighted by Gasteiger charge is 2.14. The summed E-state index contributed by atoms with van der Waals surface area (Å²) in [5.74, 6) is 0.538. The average molecular weight is 425 g/mol. The molecule has 1 N–H and O–H groups in total. The van der Waals surface area contributed by atoms with Crippen molar-refractivity contribution in [3.63, 3.8) is 0 Å². The fourth-order valence-electron chi connectivity index (χ4n) is 3.30. The quantitative estimate of drug-likeness (QED) is 0.418. The van der Waals surface area contributed by atoms with Crippen molar-refractivity contribution in [1.82, 2.24) is 14.8 Å². The van der Waals surface area contributed by atoms with E-state index in [1.165, 1.54) is 6.08 Å². The van der Waals surface area contributed by atoms with E-state index in [1.807, 2.05) is 91.3 Å². The molecular weight excluding hydrogens is 400 g/mol. The molecule has 0 radical (unpaired) electrons. The van der Waals surface area contributed by atoms with Crippen LogP contribution in [0.3, 0.4) is 0 Å². The van der Waals surface area contributed by atoms with Crippen LogP contribution in [0.1, 0.15) is 22.6 Å². The number of carbonyl (C=O) groups excluding carboxylic acids is 1. The topological polar surface area (TPSA) is 69.0 Å². The summed E-state index contributed by atoms with van der Waals surface area (Å²) in [5.41, 5.74) is 5.09. The van der Waals surface area contributed by atoms with Gasteiger partial charge < -0.3 is 10.1 Å². The van der Waals surface area contributed by atoms with Gasteiger partial charge in [-0.3, -0.25) is 9.78 Å². The van der Waals surface area contributed by atoms with E-state index in [-0.39, 0.29) is 5.91 Å². The SMILES string of the molecule is Cc1nn(-c2ccccc2)c(C)c1NC(=O)C=Cc1ccc(OCc2ccccn2)cc1. The second-order valence-corrected chi connectivity index (χ2v) is 7.29. The van der Waals surface area contributed by atoms with Gasteiger partial charge in [0.25, 0.3) is 0 Å². The second-order valence-electron chi connectivity index (χ2n) is 7.29. The molecule has 2 heterocycles. The molecule has 0 saturated heterocycles. The van der Waals surface area contributed by atoms with Crippen molar-refractivity contribution >= 4 is 17.7 Å². The van der Waals surface area contributed by atoms with Gasteiger partial charge in [0.05, 0.1) is 28.5 Å². The first-order valence-corrected chi connectivity index (χ1v) is 10.3. The number of ether oxygens (including phenoxy) is 1.